The van der Waals surface area contributed by atoms with E-state index in [9.17, 15) is 0 Å². The Balaban J connectivity index is 1.26. The summed E-state index contributed by atoms with van der Waals surface area (Å²) < 4.78 is 19.2. The van der Waals surface area contributed by atoms with E-state index in [1.54, 1.807) is 0 Å². The minimum absolute atomic E-state index is 0.901. The Hall–Kier alpha value is -4.62. The average molecular weight is 665 g/mol. The second-order valence-electron chi connectivity index (χ2n) is 12.8. The summed E-state index contributed by atoms with van der Waals surface area (Å²) >= 11 is 0. The fraction of sp³-hybridized carbons (Fsp3) is 0.143. The van der Waals surface area contributed by atoms with E-state index in [1.807, 2.05) is 0 Å². The molecule has 48 heavy (non-hydrogen) atoms. The zero-order valence-corrected chi connectivity index (χ0v) is 29.9. The van der Waals surface area contributed by atoms with Gasteiger partial charge in [0, 0.05) is 47.0 Å². The Labute approximate surface area is 286 Å². The van der Waals surface area contributed by atoms with E-state index in [2.05, 4.69) is 172 Å². The molecular weight excluding hydrogens is 626 g/mol. The van der Waals surface area contributed by atoms with Crippen molar-refractivity contribution < 1.29 is 9.05 Å². The molecule has 0 saturated heterocycles. The van der Waals surface area contributed by atoms with Crippen LogP contribution in [0.5, 0.6) is 11.5 Å². The Morgan fingerprint density at radius 1 is 0.417 bits per heavy atom. The molecule has 0 aromatic heterocycles. The fourth-order valence-corrected chi connectivity index (χ4v) is 11.1. The third-order valence-corrected chi connectivity index (χ3v) is 13.2. The first kappa shape index (κ1) is 30.7. The number of hydrogen-bond acceptors (Lipinski definition) is 4. The summed E-state index contributed by atoms with van der Waals surface area (Å²) in [4.78, 5) is 0. The standard InChI is InChI=1S/C42H38N2O2P2/c1-27-23-29(3)41(45-47-39-21-13-9-17-33(39)31-15-7-11-19-37(31)43(47)5)35(25-27)36-26-28(2)24-30(4)42(36)46-48-40-22-14-10-18-34(40)32-16-8-12-20-38(32)44(48)6/h7-26H,1-6H3. The van der Waals surface area contributed by atoms with Gasteiger partial charge in [-0.05, 0) is 97.5 Å². The molecule has 0 aliphatic carbocycles. The molecule has 8 rings (SSSR count). The number of para-hydroxylation sites is 2. The quantitative estimate of drug-likeness (QED) is 0.171. The molecule has 6 aromatic carbocycles. The highest BCUT2D eigenvalue weighted by molar-refractivity contribution is 7.63. The average Bonchev–Trinajstić information content (AvgIpc) is 3.09. The van der Waals surface area contributed by atoms with Gasteiger partial charge in [0.2, 0.25) is 16.6 Å². The molecule has 0 fully saturated rings. The van der Waals surface area contributed by atoms with Crippen molar-refractivity contribution in [3.63, 3.8) is 0 Å². The first-order valence-corrected chi connectivity index (χ1v) is 18.8. The minimum atomic E-state index is -1.17. The lowest BCUT2D eigenvalue weighted by atomic mass is 9.95. The Kier molecular flexibility index (Phi) is 7.75. The Morgan fingerprint density at radius 2 is 0.771 bits per heavy atom. The smallest absolute Gasteiger partial charge is 0.225 e. The largest absolute Gasteiger partial charge is 0.448 e. The summed E-state index contributed by atoms with van der Waals surface area (Å²) in [5.74, 6) is 1.80. The number of rotatable bonds is 5. The molecule has 2 atom stereocenters. The first-order chi connectivity index (χ1) is 23.3. The maximum absolute atomic E-state index is 7.30. The van der Waals surface area contributed by atoms with Crippen LogP contribution in [0, 0.1) is 27.7 Å². The summed E-state index contributed by atoms with van der Waals surface area (Å²) in [5, 5.41) is 2.44. The highest BCUT2D eigenvalue weighted by Gasteiger charge is 2.35. The van der Waals surface area contributed by atoms with Crippen LogP contribution in [0.25, 0.3) is 33.4 Å². The van der Waals surface area contributed by atoms with Crippen molar-refractivity contribution in [1.29, 1.82) is 0 Å². The molecule has 2 heterocycles. The third-order valence-electron chi connectivity index (χ3n) is 9.33. The maximum Gasteiger partial charge on any atom is 0.225 e. The van der Waals surface area contributed by atoms with E-state index in [0.717, 1.165) is 33.8 Å². The van der Waals surface area contributed by atoms with Crippen LogP contribution in [0.3, 0.4) is 0 Å². The van der Waals surface area contributed by atoms with Gasteiger partial charge in [0.15, 0.2) is 0 Å². The van der Waals surface area contributed by atoms with Crippen LogP contribution in [0.15, 0.2) is 121 Å². The molecule has 4 nitrogen and oxygen atoms in total. The van der Waals surface area contributed by atoms with Crippen molar-refractivity contribution >= 4 is 38.6 Å². The van der Waals surface area contributed by atoms with E-state index in [4.69, 9.17) is 9.05 Å². The van der Waals surface area contributed by atoms with Crippen LogP contribution < -0.4 is 29.0 Å². The summed E-state index contributed by atoms with van der Waals surface area (Å²) in [6.45, 7) is 8.67. The van der Waals surface area contributed by atoms with Gasteiger partial charge in [-0.2, -0.15) is 0 Å². The number of nitrogens with zero attached hydrogens (tertiary/aromatic N) is 2. The second-order valence-corrected chi connectivity index (χ2v) is 16.4. The zero-order chi connectivity index (χ0) is 33.1. The number of anilines is 2. The first-order valence-electron chi connectivity index (χ1n) is 16.3. The van der Waals surface area contributed by atoms with Crippen LogP contribution in [-0.2, 0) is 0 Å². The maximum atomic E-state index is 7.30. The Bertz CT molecular complexity index is 2060. The van der Waals surface area contributed by atoms with Gasteiger partial charge in [0.25, 0.3) is 0 Å². The molecule has 2 aliphatic rings. The lowest BCUT2D eigenvalue weighted by Crippen LogP contribution is -2.27. The van der Waals surface area contributed by atoms with E-state index in [1.165, 1.54) is 55.4 Å². The second kappa shape index (κ2) is 12.1. The van der Waals surface area contributed by atoms with Crippen molar-refractivity contribution in [1.82, 2.24) is 0 Å². The van der Waals surface area contributed by atoms with Crippen molar-refractivity contribution in [3.05, 3.63) is 144 Å². The van der Waals surface area contributed by atoms with Gasteiger partial charge in [0.05, 0.1) is 11.4 Å². The van der Waals surface area contributed by atoms with Gasteiger partial charge < -0.3 is 18.4 Å². The van der Waals surface area contributed by atoms with Gasteiger partial charge in [-0.25, -0.2) is 0 Å². The molecule has 238 valence electrons. The molecule has 0 bridgehead atoms. The highest BCUT2D eigenvalue weighted by Crippen LogP contribution is 2.57. The van der Waals surface area contributed by atoms with Gasteiger partial charge in [-0.15, -0.1) is 0 Å². The summed E-state index contributed by atoms with van der Waals surface area (Å²) in [5.41, 5.74) is 14.1. The molecule has 0 amide bonds. The number of fused-ring (bicyclic) bond motifs is 6. The number of benzene rings is 6. The predicted octanol–water partition coefficient (Wildman–Crippen LogP) is 10.9. The van der Waals surface area contributed by atoms with Gasteiger partial charge in [0.1, 0.15) is 11.5 Å². The molecule has 0 radical (unpaired) electrons. The van der Waals surface area contributed by atoms with Crippen LogP contribution in [-0.4, -0.2) is 14.1 Å². The molecule has 0 N–H and O–H groups in total. The lowest BCUT2D eigenvalue weighted by Gasteiger charge is -2.37. The van der Waals surface area contributed by atoms with Gasteiger partial charge >= 0.3 is 0 Å². The molecule has 6 aromatic rings. The van der Waals surface area contributed by atoms with Crippen molar-refractivity contribution in [2.24, 2.45) is 0 Å². The topological polar surface area (TPSA) is 24.9 Å². The minimum Gasteiger partial charge on any atom is -0.448 e. The summed E-state index contributed by atoms with van der Waals surface area (Å²) in [6, 6.07) is 43.6. The van der Waals surface area contributed by atoms with Crippen molar-refractivity contribution in [2.45, 2.75) is 27.7 Å². The molecule has 6 heteroatoms. The fourth-order valence-electron chi connectivity index (χ4n) is 7.17. The molecular formula is C42H38N2O2P2. The molecule has 2 unspecified atom stereocenters. The number of hydrogen-bond donors (Lipinski definition) is 0. The van der Waals surface area contributed by atoms with E-state index >= 15 is 0 Å². The predicted molar refractivity (Wildman–Crippen MR) is 206 cm³/mol. The van der Waals surface area contributed by atoms with Crippen LogP contribution in [0.2, 0.25) is 0 Å². The van der Waals surface area contributed by atoms with E-state index in [0.29, 0.717) is 0 Å². The SMILES string of the molecule is Cc1cc(C)c(OP2c3ccccc3-c3ccccc3N2C)c(-c2cc(C)cc(C)c2OP2c3ccccc3-c3ccccc3N2C)c1. The zero-order valence-electron chi connectivity index (χ0n) is 28.2. The molecule has 0 saturated carbocycles. The Morgan fingerprint density at radius 3 is 1.19 bits per heavy atom. The third kappa shape index (κ3) is 5.07. The molecule has 2 aliphatic heterocycles. The monoisotopic (exact) mass is 664 g/mol. The van der Waals surface area contributed by atoms with Gasteiger partial charge in [-0.1, -0.05) is 84.9 Å². The normalized spacial score (nSPS) is 16.0. The van der Waals surface area contributed by atoms with E-state index < -0.39 is 16.6 Å². The summed E-state index contributed by atoms with van der Waals surface area (Å²) in [7, 11) is 1.98. The van der Waals surface area contributed by atoms with Crippen molar-refractivity contribution in [3.8, 4) is 44.9 Å². The van der Waals surface area contributed by atoms with Gasteiger partial charge in [-0.3, -0.25) is 0 Å². The summed E-state index contributed by atoms with van der Waals surface area (Å²) in [6.07, 6.45) is 0. The molecule has 0 spiro atoms. The number of aryl methyl sites for hydroxylation is 4. The lowest BCUT2D eigenvalue weighted by molar-refractivity contribution is 0.606. The van der Waals surface area contributed by atoms with Crippen molar-refractivity contribution in [2.75, 3.05) is 23.4 Å². The van der Waals surface area contributed by atoms with E-state index in [-0.39, 0.29) is 0 Å². The van der Waals surface area contributed by atoms with Crippen LogP contribution >= 0.6 is 16.6 Å². The van der Waals surface area contributed by atoms with Crippen LogP contribution in [0.4, 0.5) is 11.4 Å². The van der Waals surface area contributed by atoms with Crippen LogP contribution in [0.1, 0.15) is 22.3 Å². The highest BCUT2D eigenvalue weighted by atomic mass is 31.2.